The van der Waals surface area contributed by atoms with Crippen molar-refractivity contribution < 1.29 is 9.53 Å². The molecule has 1 aromatic rings. The Morgan fingerprint density at radius 3 is 2.83 bits per heavy atom. The molecule has 1 amide bonds. The summed E-state index contributed by atoms with van der Waals surface area (Å²) in [5.74, 6) is 0.0219. The average molecular weight is 248 g/mol. The molecule has 1 aliphatic heterocycles. The standard InChI is InChI=1S/C14H20N2O2/c1-10-7-12(9-18-10)14(17)16-8-13(15)11-5-3-2-4-6-11/h2-6,10,12-13H,7-9,15H2,1H3,(H,16,17). The summed E-state index contributed by atoms with van der Waals surface area (Å²) in [6.45, 7) is 2.98. The quantitative estimate of drug-likeness (QED) is 0.842. The van der Waals surface area contributed by atoms with Crippen LogP contribution < -0.4 is 11.1 Å². The second-order valence-electron chi connectivity index (χ2n) is 4.84. The van der Waals surface area contributed by atoms with Crippen LogP contribution in [0.15, 0.2) is 30.3 Å². The highest BCUT2D eigenvalue weighted by atomic mass is 16.5. The van der Waals surface area contributed by atoms with Crippen LogP contribution in [-0.4, -0.2) is 25.2 Å². The molecule has 0 spiro atoms. The van der Waals surface area contributed by atoms with E-state index in [4.69, 9.17) is 10.5 Å². The normalized spacial score (nSPS) is 24.8. The van der Waals surface area contributed by atoms with Crippen LogP contribution in [0.1, 0.15) is 24.9 Å². The van der Waals surface area contributed by atoms with Gasteiger partial charge in [-0.05, 0) is 18.9 Å². The van der Waals surface area contributed by atoms with E-state index in [1.54, 1.807) is 0 Å². The van der Waals surface area contributed by atoms with E-state index < -0.39 is 0 Å². The largest absolute Gasteiger partial charge is 0.378 e. The molecular weight excluding hydrogens is 228 g/mol. The summed E-state index contributed by atoms with van der Waals surface area (Å²) < 4.78 is 5.39. The summed E-state index contributed by atoms with van der Waals surface area (Å²) in [6.07, 6.45) is 0.982. The van der Waals surface area contributed by atoms with E-state index in [-0.39, 0.29) is 24.0 Å². The number of carbonyl (C=O) groups is 1. The molecule has 0 radical (unpaired) electrons. The second kappa shape index (κ2) is 5.98. The summed E-state index contributed by atoms with van der Waals surface area (Å²) in [4.78, 5) is 11.9. The van der Waals surface area contributed by atoms with Gasteiger partial charge in [-0.3, -0.25) is 4.79 Å². The van der Waals surface area contributed by atoms with Crippen molar-refractivity contribution in [1.82, 2.24) is 5.32 Å². The zero-order valence-corrected chi connectivity index (χ0v) is 10.6. The Labute approximate surface area is 108 Å². The smallest absolute Gasteiger partial charge is 0.225 e. The molecule has 2 rings (SSSR count). The molecule has 1 heterocycles. The molecule has 0 saturated carbocycles. The number of benzene rings is 1. The highest BCUT2D eigenvalue weighted by Gasteiger charge is 2.28. The highest BCUT2D eigenvalue weighted by molar-refractivity contribution is 5.79. The van der Waals surface area contributed by atoms with Gasteiger partial charge in [0.05, 0.1) is 18.6 Å². The summed E-state index contributed by atoms with van der Waals surface area (Å²) in [6, 6.07) is 9.63. The van der Waals surface area contributed by atoms with Crippen LogP contribution in [-0.2, 0) is 9.53 Å². The average Bonchev–Trinajstić information content (AvgIpc) is 2.83. The van der Waals surface area contributed by atoms with Crippen molar-refractivity contribution in [3.63, 3.8) is 0 Å². The Hall–Kier alpha value is -1.39. The maximum absolute atomic E-state index is 11.9. The van der Waals surface area contributed by atoms with E-state index in [1.165, 1.54) is 0 Å². The summed E-state index contributed by atoms with van der Waals surface area (Å²) in [7, 11) is 0. The van der Waals surface area contributed by atoms with Gasteiger partial charge in [-0.2, -0.15) is 0 Å². The van der Waals surface area contributed by atoms with Gasteiger partial charge in [0.25, 0.3) is 0 Å². The third-order valence-electron chi connectivity index (χ3n) is 3.29. The predicted molar refractivity (Wildman–Crippen MR) is 69.9 cm³/mol. The molecule has 18 heavy (non-hydrogen) atoms. The molecule has 3 unspecified atom stereocenters. The lowest BCUT2D eigenvalue weighted by Crippen LogP contribution is -2.36. The molecule has 0 aromatic heterocycles. The fourth-order valence-corrected chi connectivity index (χ4v) is 2.17. The van der Waals surface area contributed by atoms with Crippen molar-refractivity contribution in [2.45, 2.75) is 25.5 Å². The number of hydrogen-bond acceptors (Lipinski definition) is 3. The fraction of sp³-hybridized carbons (Fsp3) is 0.500. The molecule has 4 nitrogen and oxygen atoms in total. The number of ether oxygens (including phenoxy) is 1. The third-order valence-corrected chi connectivity index (χ3v) is 3.29. The van der Waals surface area contributed by atoms with E-state index >= 15 is 0 Å². The van der Waals surface area contributed by atoms with Gasteiger partial charge in [0.1, 0.15) is 0 Å². The number of hydrogen-bond donors (Lipinski definition) is 2. The van der Waals surface area contributed by atoms with Gasteiger partial charge in [0.15, 0.2) is 0 Å². The van der Waals surface area contributed by atoms with E-state index in [0.717, 1.165) is 12.0 Å². The molecule has 3 N–H and O–H groups in total. The molecule has 1 aliphatic rings. The molecule has 1 aromatic carbocycles. The second-order valence-corrected chi connectivity index (χ2v) is 4.84. The fourth-order valence-electron chi connectivity index (χ4n) is 2.17. The summed E-state index contributed by atoms with van der Waals surface area (Å²) in [5.41, 5.74) is 7.06. The van der Waals surface area contributed by atoms with Crippen molar-refractivity contribution in [3.8, 4) is 0 Å². The van der Waals surface area contributed by atoms with Gasteiger partial charge in [-0.1, -0.05) is 30.3 Å². The number of nitrogens with one attached hydrogen (secondary N) is 1. The van der Waals surface area contributed by atoms with E-state index in [9.17, 15) is 4.79 Å². The van der Waals surface area contributed by atoms with Gasteiger partial charge < -0.3 is 15.8 Å². The van der Waals surface area contributed by atoms with Gasteiger partial charge in [-0.25, -0.2) is 0 Å². The van der Waals surface area contributed by atoms with Crippen molar-refractivity contribution in [2.24, 2.45) is 11.7 Å². The predicted octanol–water partition coefficient (Wildman–Crippen LogP) is 1.23. The van der Waals surface area contributed by atoms with Crippen LogP contribution in [0, 0.1) is 5.92 Å². The molecule has 1 saturated heterocycles. The minimum absolute atomic E-state index is 0.0250. The van der Waals surface area contributed by atoms with Gasteiger partial charge in [0.2, 0.25) is 5.91 Å². The molecule has 0 aliphatic carbocycles. The van der Waals surface area contributed by atoms with Crippen LogP contribution in [0.3, 0.4) is 0 Å². The molecule has 0 bridgehead atoms. The molecule has 3 atom stereocenters. The SMILES string of the molecule is CC1CC(C(=O)NCC(N)c2ccccc2)CO1. The maximum Gasteiger partial charge on any atom is 0.225 e. The van der Waals surface area contributed by atoms with Crippen LogP contribution in [0.4, 0.5) is 0 Å². The number of nitrogens with two attached hydrogens (primary N) is 1. The Bertz CT molecular complexity index is 394. The first-order valence-corrected chi connectivity index (χ1v) is 6.36. The van der Waals surface area contributed by atoms with E-state index in [1.807, 2.05) is 37.3 Å². The lowest BCUT2D eigenvalue weighted by molar-refractivity contribution is -0.125. The lowest BCUT2D eigenvalue weighted by atomic mass is 10.0. The van der Waals surface area contributed by atoms with E-state index in [2.05, 4.69) is 5.32 Å². The van der Waals surface area contributed by atoms with Gasteiger partial charge in [-0.15, -0.1) is 0 Å². The first-order chi connectivity index (χ1) is 8.66. The summed E-state index contributed by atoms with van der Waals surface area (Å²) in [5, 5.41) is 2.90. The lowest BCUT2D eigenvalue weighted by Gasteiger charge is -2.15. The molecule has 98 valence electrons. The third kappa shape index (κ3) is 3.31. The van der Waals surface area contributed by atoms with Crippen molar-refractivity contribution in [3.05, 3.63) is 35.9 Å². The van der Waals surface area contributed by atoms with Crippen molar-refractivity contribution in [1.29, 1.82) is 0 Å². The maximum atomic E-state index is 11.9. The molecule has 1 fully saturated rings. The van der Waals surface area contributed by atoms with Crippen LogP contribution in [0.2, 0.25) is 0 Å². The number of carbonyl (C=O) groups excluding carboxylic acids is 1. The Kier molecular flexibility index (Phi) is 4.33. The topological polar surface area (TPSA) is 64.4 Å². The van der Waals surface area contributed by atoms with Gasteiger partial charge >= 0.3 is 0 Å². The van der Waals surface area contributed by atoms with Crippen molar-refractivity contribution in [2.75, 3.05) is 13.2 Å². The zero-order valence-electron chi connectivity index (χ0n) is 10.6. The first kappa shape index (κ1) is 13.1. The zero-order chi connectivity index (χ0) is 13.0. The molecular formula is C14H20N2O2. The summed E-state index contributed by atoms with van der Waals surface area (Å²) >= 11 is 0. The first-order valence-electron chi connectivity index (χ1n) is 6.36. The Morgan fingerprint density at radius 1 is 1.50 bits per heavy atom. The van der Waals surface area contributed by atoms with Crippen LogP contribution in [0.25, 0.3) is 0 Å². The van der Waals surface area contributed by atoms with Crippen LogP contribution in [0.5, 0.6) is 0 Å². The monoisotopic (exact) mass is 248 g/mol. The Balaban J connectivity index is 1.79. The van der Waals surface area contributed by atoms with Gasteiger partial charge in [0, 0.05) is 12.6 Å². The minimum atomic E-state index is -0.158. The van der Waals surface area contributed by atoms with Crippen molar-refractivity contribution >= 4 is 5.91 Å². The Morgan fingerprint density at radius 2 is 2.22 bits per heavy atom. The highest BCUT2D eigenvalue weighted by Crippen LogP contribution is 2.19. The number of rotatable bonds is 4. The minimum Gasteiger partial charge on any atom is -0.378 e. The number of amides is 1. The van der Waals surface area contributed by atoms with Crippen LogP contribution >= 0.6 is 0 Å². The molecule has 4 heteroatoms. The van der Waals surface area contributed by atoms with E-state index in [0.29, 0.717) is 13.2 Å².